The van der Waals surface area contributed by atoms with Crippen LogP contribution in [-0.2, 0) is 6.42 Å². The fourth-order valence-electron chi connectivity index (χ4n) is 2.97. The van der Waals surface area contributed by atoms with Gasteiger partial charge in [0.2, 0.25) is 5.95 Å². The van der Waals surface area contributed by atoms with Crippen molar-refractivity contribution in [2.45, 2.75) is 25.3 Å². The maximum atomic E-state index is 5.96. The summed E-state index contributed by atoms with van der Waals surface area (Å²) < 4.78 is 0. The highest BCUT2D eigenvalue weighted by atomic mass is 35.5. The minimum absolute atomic E-state index is 0.305. The Bertz CT molecular complexity index is 643. The molecule has 1 aliphatic heterocycles. The van der Waals surface area contributed by atoms with Gasteiger partial charge in [-0.1, -0.05) is 23.7 Å². The molecule has 1 saturated heterocycles. The third-order valence-corrected chi connectivity index (χ3v) is 4.29. The Kier molecular flexibility index (Phi) is 4.34. The molecule has 0 saturated carbocycles. The Morgan fingerprint density at radius 3 is 2.82 bits per heavy atom. The lowest BCUT2D eigenvalue weighted by molar-refractivity contribution is 0.658. The molecular formula is C16H20ClN5. The average molecular weight is 318 g/mol. The zero-order valence-corrected chi connectivity index (χ0v) is 13.3. The standard InChI is InChI=1S/C16H20ClN5/c1-19-14-10-15(21-16(18)20-14)22-8-2-3-13(22)9-11-4-6-12(17)7-5-11/h4-7,10,13H,2-3,8-9H2,1H3,(H3,18,19,20,21). The minimum atomic E-state index is 0.305. The van der Waals surface area contributed by atoms with E-state index in [9.17, 15) is 0 Å². The van der Waals surface area contributed by atoms with Gasteiger partial charge < -0.3 is 16.0 Å². The van der Waals surface area contributed by atoms with Crippen LogP contribution in [0, 0.1) is 0 Å². The van der Waals surface area contributed by atoms with Gasteiger partial charge >= 0.3 is 0 Å². The quantitative estimate of drug-likeness (QED) is 0.907. The summed E-state index contributed by atoms with van der Waals surface area (Å²) in [7, 11) is 1.83. The second kappa shape index (κ2) is 6.40. The van der Waals surface area contributed by atoms with Crippen LogP contribution in [0.25, 0.3) is 0 Å². The number of nitrogens with two attached hydrogens (primary N) is 1. The first-order chi connectivity index (χ1) is 10.7. The number of rotatable bonds is 4. The number of nitrogens with zero attached hydrogens (tertiary/aromatic N) is 3. The summed E-state index contributed by atoms with van der Waals surface area (Å²) in [6.07, 6.45) is 3.30. The second-order valence-corrected chi connectivity index (χ2v) is 5.98. The maximum absolute atomic E-state index is 5.96. The summed E-state index contributed by atoms with van der Waals surface area (Å²) in [6.45, 7) is 0.998. The van der Waals surface area contributed by atoms with Crippen molar-refractivity contribution >= 4 is 29.2 Å². The van der Waals surface area contributed by atoms with Crippen LogP contribution in [0.2, 0.25) is 5.02 Å². The normalized spacial score (nSPS) is 17.7. The molecule has 0 amide bonds. The van der Waals surface area contributed by atoms with E-state index in [1.807, 2.05) is 25.2 Å². The van der Waals surface area contributed by atoms with Crippen LogP contribution < -0.4 is 16.0 Å². The SMILES string of the molecule is CNc1cc(N2CCCC2Cc2ccc(Cl)cc2)nc(N)n1. The van der Waals surface area contributed by atoms with Gasteiger partial charge in [0.1, 0.15) is 11.6 Å². The lowest BCUT2D eigenvalue weighted by Crippen LogP contribution is -2.32. The topological polar surface area (TPSA) is 67.1 Å². The fraction of sp³-hybridized carbons (Fsp3) is 0.375. The van der Waals surface area contributed by atoms with Gasteiger partial charge in [-0.3, -0.25) is 0 Å². The van der Waals surface area contributed by atoms with Crippen molar-refractivity contribution < 1.29 is 0 Å². The van der Waals surface area contributed by atoms with Crippen LogP contribution in [0.5, 0.6) is 0 Å². The Balaban J connectivity index is 1.80. The molecule has 1 aliphatic rings. The van der Waals surface area contributed by atoms with Crippen LogP contribution in [0.1, 0.15) is 18.4 Å². The van der Waals surface area contributed by atoms with Crippen molar-refractivity contribution in [1.82, 2.24) is 9.97 Å². The Hall–Kier alpha value is -2.01. The van der Waals surface area contributed by atoms with E-state index in [1.54, 1.807) is 0 Å². The van der Waals surface area contributed by atoms with Crippen molar-refractivity contribution in [2.75, 3.05) is 29.5 Å². The molecule has 1 aromatic heterocycles. The predicted molar refractivity (Wildman–Crippen MR) is 91.5 cm³/mol. The minimum Gasteiger partial charge on any atom is -0.373 e. The molecule has 2 heterocycles. The summed E-state index contributed by atoms with van der Waals surface area (Å²) in [5, 5.41) is 3.80. The predicted octanol–water partition coefficient (Wildman–Crippen LogP) is 2.97. The molecule has 22 heavy (non-hydrogen) atoms. The first kappa shape index (κ1) is 14.9. The molecule has 1 fully saturated rings. The lowest BCUT2D eigenvalue weighted by atomic mass is 10.0. The summed E-state index contributed by atoms with van der Waals surface area (Å²) in [6, 6.07) is 10.4. The number of aromatic nitrogens is 2. The van der Waals surface area contributed by atoms with Gasteiger partial charge in [-0.2, -0.15) is 9.97 Å². The maximum Gasteiger partial charge on any atom is 0.223 e. The third-order valence-electron chi connectivity index (χ3n) is 4.04. The highest BCUT2D eigenvalue weighted by molar-refractivity contribution is 6.30. The van der Waals surface area contributed by atoms with Gasteiger partial charge in [0.15, 0.2) is 0 Å². The van der Waals surface area contributed by atoms with Crippen LogP contribution in [0.15, 0.2) is 30.3 Å². The number of hydrogen-bond acceptors (Lipinski definition) is 5. The highest BCUT2D eigenvalue weighted by Crippen LogP contribution is 2.28. The summed E-state index contributed by atoms with van der Waals surface area (Å²) in [5.74, 6) is 1.95. The number of nitrogen functional groups attached to an aromatic ring is 1. The van der Waals surface area contributed by atoms with Crippen molar-refractivity contribution in [1.29, 1.82) is 0 Å². The zero-order chi connectivity index (χ0) is 15.5. The molecule has 0 aliphatic carbocycles. The van der Waals surface area contributed by atoms with Crippen molar-refractivity contribution in [3.63, 3.8) is 0 Å². The van der Waals surface area contributed by atoms with Gasteiger partial charge in [-0.15, -0.1) is 0 Å². The van der Waals surface area contributed by atoms with Gasteiger partial charge in [-0.05, 0) is 37.0 Å². The van der Waals surface area contributed by atoms with E-state index in [4.69, 9.17) is 17.3 Å². The van der Waals surface area contributed by atoms with Gasteiger partial charge in [0, 0.05) is 30.7 Å². The van der Waals surface area contributed by atoms with Crippen molar-refractivity contribution in [2.24, 2.45) is 0 Å². The fourth-order valence-corrected chi connectivity index (χ4v) is 3.10. The van der Waals surface area contributed by atoms with E-state index >= 15 is 0 Å². The molecular weight excluding hydrogens is 298 g/mol. The molecule has 3 rings (SSSR count). The van der Waals surface area contributed by atoms with Crippen molar-refractivity contribution in [3.05, 3.63) is 40.9 Å². The monoisotopic (exact) mass is 317 g/mol. The van der Waals surface area contributed by atoms with Crippen LogP contribution in [0.3, 0.4) is 0 Å². The highest BCUT2D eigenvalue weighted by Gasteiger charge is 2.26. The molecule has 1 atom stereocenters. The lowest BCUT2D eigenvalue weighted by Gasteiger charge is -2.26. The first-order valence-electron chi connectivity index (χ1n) is 7.49. The molecule has 2 aromatic rings. The molecule has 0 spiro atoms. The Morgan fingerprint density at radius 2 is 2.09 bits per heavy atom. The number of benzene rings is 1. The molecule has 1 aromatic carbocycles. The van der Waals surface area contributed by atoms with Crippen molar-refractivity contribution in [3.8, 4) is 0 Å². The van der Waals surface area contributed by atoms with E-state index in [0.29, 0.717) is 12.0 Å². The molecule has 5 nitrogen and oxygen atoms in total. The molecule has 116 valence electrons. The van der Waals surface area contributed by atoms with Crippen LogP contribution >= 0.6 is 11.6 Å². The van der Waals surface area contributed by atoms with Crippen LogP contribution in [-0.4, -0.2) is 29.6 Å². The second-order valence-electron chi connectivity index (χ2n) is 5.54. The molecule has 0 radical (unpaired) electrons. The summed E-state index contributed by atoms with van der Waals surface area (Å²) in [4.78, 5) is 10.9. The van der Waals surface area contributed by atoms with E-state index in [-0.39, 0.29) is 0 Å². The summed E-state index contributed by atoms with van der Waals surface area (Å²) in [5.41, 5.74) is 7.10. The molecule has 3 N–H and O–H groups in total. The summed E-state index contributed by atoms with van der Waals surface area (Å²) >= 11 is 5.96. The zero-order valence-electron chi connectivity index (χ0n) is 12.6. The van der Waals surface area contributed by atoms with Gasteiger partial charge in [0.25, 0.3) is 0 Å². The molecule has 6 heteroatoms. The first-order valence-corrected chi connectivity index (χ1v) is 7.87. The third kappa shape index (κ3) is 3.25. The van der Waals surface area contributed by atoms with E-state index in [2.05, 4.69) is 32.3 Å². The molecule has 1 unspecified atom stereocenters. The Labute approximate surface area is 135 Å². The van der Waals surface area contributed by atoms with E-state index in [0.717, 1.165) is 42.5 Å². The number of hydrogen-bond donors (Lipinski definition) is 2. The number of halogens is 1. The Morgan fingerprint density at radius 1 is 1.32 bits per heavy atom. The van der Waals surface area contributed by atoms with Gasteiger partial charge in [0.05, 0.1) is 0 Å². The smallest absolute Gasteiger partial charge is 0.223 e. The number of nitrogens with one attached hydrogen (secondary N) is 1. The van der Waals surface area contributed by atoms with Gasteiger partial charge in [-0.25, -0.2) is 0 Å². The molecule has 0 bridgehead atoms. The van der Waals surface area contributed by atoms with E-state index < -0.39 is 0 Å². The van der Waals surface area contributed by atoms with E-state index in [1.165, 1.54) is 5.56 Å². The average Bonchev–Trinajstić information content (AvgIpc) is 2.97. The largest absolute Gasteiger partial charge is 0.373 e. The van der Waals surface area contributed by atoms with Crippen LogP contribution in [0.4, 0.5) is 17.6 Å². The number of anilines is 3.